The van der Waals surface area contributed by atoms with Crippen LogP contribution in [0.25, 0.3) is 22.9 Å². The molecule has 0 saturated carbocycles. The zero-order valence-electron chi connectivity index (χ0n) is 14.0. The Bertz CT molecular complexity index is 1010. The fourth-order valence-corrected chi connectivity index (χ4v) is 2.88. The van der Waals surface area contributed by atoms with Gasteiger partial charge in [-0.2, -0.15) is 4.98 Å². The van der Waals surface area contributed by atoms with Crippen molar-refractivity contribution in [1.29, 1.82) is 0 Å². The molecule has 0 aliphatic rings. The van der Waals surface area contributed by atoms with Gasteiger partial charge in [0, 0.05) is 5.56 Å². The number of nitrogens with zero attached hydrogens (tertiary/aromatic N) is 4. The van der Waals surface area contributed by atoms with E-state index in [1.165, 1.54) is 11.8 Å². The summed E-state index contributed by atoms with van der Waals surface area (Å²) in [6.45, 7) is 1.84. The van der Waals surface area contributed by atoms with Crippen LogP contribution in [0.15, 0.2) is 55.2 Å². The zero-order valence-corrected chi connectivity index (χ0v) is 14.8. The smallest absolute Gasteiger partial charge is 0.277 e. The summed E-state index contributed by atoms with van der Waals surface area (Å²) >= 11 is 1.34. The molecule has 0 radical (unpaired) electrons. The van der Waals surface area contributed by atoms with Crippen molar-refractivity contribution in [3.8, 4) is 28.7 Å². The van der Waals surface area contributed by atoms with E-state index in [0.717, 1.165) is 22.6 Å². The molecule has 0 amide bonds. The highest BCUT2D eigenvalue weighted by atomic mass is 32.2. The molecule has 4 aromatic rings. The van der Waals surface area contributed by atoms with Crippen molar-refractivity contribution in [3.05, 3.63) is 48.2 Å². The maximum atomic E-state index is 5.63. The number of aryl methyl sites for hydroxylation is 1. The molecule has 26 heavy (non-hydrogen) atoms. The second-order valence-corrected chi connectivity index (χ2v) is 6.22. The third-order valence-electron chi connectivity index (χ3n) is 3.63. The highest BCUT2D eigenvalue weighted by Gasteiger charge is 2.15. The topological polar surface area (TPSA) is 100 Å². The summed E-state index contributed by atoms with van der Waals surface area (Å²) in [6.07, 6.45) is 1.59. The Hall–Kier alpha value is -3.07. The van der Waals surface area contributed by atoms with Crippen LogP contribution in [-0.4, -0.2) is 27.4 Å². The van der Waals surface area contributed by atoms with E-state index in [9.17, 15) is 0 Å². The number of furan rings is 1. The first-order valence-corrected chi connectivity index (χ1v) is 8.69. The minimum atomic E-state index is 0.422. The summed E-state index contributed by atoms with van der Waals surface area (Å²) < 4.78 is 21.3. The van der Waals surface area contributed by atoms with Crippen LogP contribution in [0.3, 0.4) is 0 Å². The number of aromatic nitrogens is 4. The molecule has 1 aromatic carbocycles. The number of methoxy groups -OCH3 is 1. The Kier molecular flexibility index (Phi) is 4.44. The lowest BCUT2D eigenvalue weighted by Crippen LogP contribution is -1.85. The van der Waals surface area contributed by atoms with Crippen LogP contribution in [0.5, 0.6) is 5.75 Å². The highest BCUT2D eigenvalue weighted by molar-refractivity contribution is 7.98. The molecule has 0 aliphatic heterocycles. The minimum absolute atomic E-state index is 0.422. The van der Waals surface area contributed by atoms with Crippen LogP contribution in [0.1, 0.15) is 11.6 Å². The van der Waals surface area contributed by atoms with Crippen molar-refractivity contribution in [1.82, 2.24) is 20.3 Å². The predicted octanol–water partition coefficient (Wildman–Crippen LogP) is 3.99. The first-order valence-electron chi connectivity index (χ1n) is 7.70. The molecule has 0 saturated heterocycles. The molecular weight excluding hydrogens is 356 g/mol. The first-order chi connectivity index (χ1) is 12.7. The maximum absolute atomic E-state index is 5.63. The van der Waals surface area contributed by atoms with E-state index in [2.05, 4.69) is 20.3 Å². The molecular formula is C17H14N4O4S. The molecule has 8 nitrogen and oxygen atoms in total. The zero-order chi connectivity index (χ0) is 17.9. The van der Waals surface area contributed by atoms with Crippen molar-refractivity contribution in [2.45, 2.75) is 17.9 Å². The monoisotopic (exact) mass is 370 g/mol. The first kappa shape index (κ1) is 16.4. The molecule has 4 rings (SSSR count). The third kappa shape index (κ3) is 3.33. The molecule has 0 aliphatic carbocycles. The van der Waals surface area contributed by atoms with E-state index in [1.54, 1.807) is 19.4 Å². The molecule has 9 heteroatoms. The molecule has 0 atom stereocenters. The van der Waals surface area contributed by atoms with Gasteiger partial charge >= 0.3 is 0 Å². The van der Waals surface area contributed by atoms with Crippen LogP contribution in [0.4, 0.5) is 0 Å². The summed E-state index contributed by atoms with van der Waals surface area (Å²) in [5.41, 5.74) is 1.61. The lowest BCUT2D eigenvalue weighted by atomic mass is 10.2. The largest absolute Gasteiger partial charge is 0.497 e. The lowest BCUT2D eigenvalue weighted by Gasteiger charge is -1.98. The molecule has 0 fully saturated rings. The van der Waals surface area contributed by atoms with E-state index >= 15 is 0 Å². The molecule has 0 N–H and O–H groups in total. The van der Waals surface area contributed by atoms with Crippen LogP contribution in [-0.2, 0) is 5.75 Å². The van der Waals surface area contributed by atoms with Crippen LogP contribution in [0.2, 0.25) is 0 Å². The number of benzene rings is 1. The lowest BCUT2D eigenvalue weighted by molar-refractivity contribution is 0.414. The van der Waals surface area contributed by atoms with Crippen molar-refractivity contribution in [2.75, 3.05) is 7.11 Å². The Morgan fingerprint density at radius 1 is 1.08 bits per heavy atom. The van der Waals surface area contributed by atoms with Gasteiger partial charge in [-0.15, -0.1) is 10.2 Å². The summed E-state index contributed by atoms with van der Waals surface area (Å²) in [4.78, 5) is 4.38. The predicted molar refractivity (Wildman–Crippen MR) is 92.6 cm³/mol. The van der Waals surface area contributed by atoms with E-state index in [4.69, 9.17) is 18.1 Å². The van der Waals surface area contributed by atoms with Gasteiger partial charge in [0.15, 0.2) is 5.82 Å². The van der Waals surface area contributed by atoms with Gasteiger partial charge in [-0.3, -0.25) is 0 Å². The van der Waals surface area contributed by atoms with Crippen molar-refractivity contribution < 1.29 is 18.1 Å². The van der Waals surface area contributed by atoms with Gasteiger partial charge in [0.1, 0.15) is 11.5 Å². The third-order valence-corrected chi connectivity index (χ3v) is 4.44. The minimum Gasteiger partial charge on any atom is -0.497 e. The Labute approximate surface area is 152 Å². The highest BCUT2D eigenvalue weighted by Crippen LogP contribution is 2.28. The number of hydrogen-bond acceptors (Lipinski definition) is 9. The number of thioether (sulfide) groups is 1. The van der Waals surface area contributed by atoms with Crippen LogP contribution in [0, 0.1) is 6.92 Å². The number of ether oxygens (including phenoxy) is 1. The Morgan fingerprint density at radius 3 is 2.65 bits per heavy atom. The average Bonchev–Trinajstić information content (AvgIpc) is 3.40. The summed E-state index contributed by atoms with van der Waals surface area (Å²) in [5.74, 6) is 3.36. The average molecular weight is 370 g/mol. The molecule has 0 unspecified atom stereocenters. The van der Waals surface area contributed by atoms with Gasteiger partial charge in [-0.05, 0) is 37.3 Å². The van der Waals surface area contributed by atoms with Gasteiger partial charge in [0.25, 0.3) is 17.0 Å². The van der Waals surface area contributed by atoms with Gasteiger partial charge in [-0.25, -0.2) is 0 Å². The van der Waals surface area contributed by atoms with Crippen molar-refractivity contribution in [3.63, 3.8) is 0 Å². The van der Waals surface area contributed by atoms with E-state index < -0.39 is 0 Å². The van der Waals surface area contributed by atoms with Crippen molar-refractivity contribution >= 4 is 11.8 Å². The van der Waals surface area contributed by atoms with Crippen LogP contribution < -0.4 is 4.74 Å². The fourth-order valence-electron chi connectivity index (χ4n) is 2.27. The van der Waals surface area contributed by atoms with E-state index in [-0.39, 0.29) is 0 Å². The Balaban J connectivity index is 1.42. The second kappa shape index (κ2) is 7.04. The van der Waals surface area contributed by atoms with Crippen LogP contribution >= 0.6 is 11.8 Å². The molecule has 3 aromatic heterocycles. The summed E-state index contributed by atoms with van der Waals surface area (Å²) in [7, 11) is 1.62. The maximum Gasteiger partial charge on any atom is 0.277 e. The molecule has 132 valence electrons. The second-order valence-electron chi connectivity index (χ2n) is 5.30. The number of rotatable bonds is 6. The summed E-state index contributed by atoms with van der Waals surface area (Å²) in [5, 5.41) is 12.4. The van der Waals surface area contributed by atoms with Gasteiger partial charge in [0.05, 0.1) is 24.7 Å². The number of hydrogen-bond donors (Lipinski definition) is 0. The van der Waals surface area contributed by atoms with Gasteiger partial charge < -0.3 is 18.1 Å². The van der Waals surface area contributed by atoms with E-state index in [1.807, 2.05) is 31.2 Å². The molecule has 0 spiro atoms. The fraction of sp³-hybridized carbons (Fsp3) is 0.176. The SMILES string of the molecule is COc1ccc(-c2nc(CSc3nnc(-c4ccoc4C)o3)no2)cc1. The van der Waals surface area contributed by atoms with E-state index in [0.29, 0.717) is 28.6 Å². The summed E-state index contributed by atoms with van der Waals surface area (Å²) in [6, 6.07) is 9.19. The Morgan fingerprint density at radius 2 is 1.92 bits per heavy atom. The van der Waals surface area contributed by atoms with Gasteiger partial charge in [-0.1, -0.05) is 16.9 Å². The molecule has 3 heterocycles. The van der Waals surface area contributed by atoms with Crippen molar-refractivity contribution in [2.24, 2.45) is 0 Å². The standard InChI is InChI=1S/C17H14N4O4S/c1-10-13(7-8-23-10)16-19-20-17(24-16)26-9-14-18-15(25-21-14)11-3-5-12(22-2)6-4-11/h3-8H,9H2,1-2H3. The quantitative estimate of drug-likeness (QED) is 0.466. The van der Waals surface area contributed by atoms with Gasteiger partial charge in [0.2, 0.25) is 0 Å². The molecule has 0 bridgehead atoms. The normalized spacial score (nSPS) is 11.0.